The standard InChI is InChI=1S/C16H13BrFN3/c17-15-8-12(4-5-16(15)18)10-20-13-2-1-3-14(9-13)21-7-6-19-11-21/h1-9,11,20H,10H2. The topological polar surface area (TPSA) is 29.9 Å². The molecular formula is C16H13BrFN3. The molecule has 3 aromatic rings. The van der Waals surface area contributed by atoms with Gasteiger partial charge in [0.25, 0.3) is 0 Å². The van der Waals surface area contributed by atoms with E-state index in [0.29, 0.717) is 11.0 Å². The van der Waals surface area contributed by atoms with Crippen molar-refractivity contribution in [1.82, 2.24) is 9.55 Å². The quantitative estimate of drug-likeness (QED) is 0.760. The van der Waals surface area contributed by atoms with E-state index in [1.807, 2.05) is 35.0 Å². The average Bonchev–Trinajstić information content (AvgIpc) is 3.03. The SMILES string of the molecule is Fc1ccc(CNc2cccc(-n3ccnc3)c2)cc1Br. The van der Waals surface area contributed by atoms with E-state index in [2.05, 4.69) is 26.2 Å². The summed E-state index contributed by atoms with van der Waals surface area (Å²) in [6.07, 6.45) is 5.41. The van der Waals surface area contributed by atoms with Gasteiger partial charge in [0.05, 0.1) is 10.8 Å². The van der Waals surface area contributed by atoms with Gasteiger partial charge >= 0.3 is 0 Å². The Bertz CT molecular complexity index is 741. The fourth-order valence-corrected chi connectivity index (χ4v) is 2.47. The van der Waals surface area contributed by atoms with Crippen LogP contribution in [0.25, 0.3) is 5.69 Å². The van der Waals surface area contributed by atoms with Crippen molar-refractivity contribution in [2.45, 2.75) is 6.54 Å². The minimum Gasteiger partial charge on any atom is -0.381 e. The second-order valence-corrected chi connectivity index (χ2v) is 5.48. The summed E-state index contributed by atoms with van der Waals surface area (Å²) in [5.41, 5.74) is 3.05. The molecule has 0 saturated carbocycles. The zero-order valence-corrected chi connectivity index (χ0v) is 12.7. The predicted octanol–water partition coefficient (Wildman–Crippen LogP) is 4.39. The highest BCUT2D eigenvalue weighted by atomic mass is 79.9. The summed E-state index contributed by atoms with van der Waals surface area (Å²) >= 11 is 3.20. The summed E-state index contributed by atoms with van der Waals surface area (Å²) in [5, 5.41) is 3.33. The molecule has 1 aromatic heterocycles. The molecule has 0 saturated heterocycles. The van der Waals surface area contributed by atoms with Gasteiger partial charge in [0, 0.05) is 30.3 Å². The molecule has 0 aliphatic heterocycles. The Morgan fingerprint density at radius 1 is 1.19 bits per heavy atom. The van der Waals surface area contributed by atoms with Crippen molar-refractivity contribution in [2.75, 3.05) is 5.32 Å². The van der Waals surface area contributed by atoms with E-state index in [1.54, 1.807) is 24.7 Å². The fourth-order valence-electron chi connectivity index (χ4n) is 2.04. The normalized spacial score (nSPS) is 10.6. The molecule has 0 bridgehead atoms. The largest absolute Gasteiger partial charge is 0.381 e. The number of hydrogen-bond donors (Lipinski definition) is 1. The Morgan fingerprint density at radius 3 is 2.86 bits per heavy atom. The minimum atomic E-state index is -0.249. The number of rotatable bonds is 4. The van der Waals surface area contributed by atoms with Crippen molar-refractivity contribution in [3.8, 4) is 5.69 Å². The molecule has 5 heteroatoms. The van der Waals surface area contributed by atoms with Crippen LogP contribution in [0.1, 0.15) is 5.56 Å². The molecule has 21 heavy (non-hydrogen) atoms. The van der Waals surface area contributed by atoms with Crippen molar-refractivity contribution < 1.29 is 4.39 Å². The number of halogens is 2. The van der Waals surface area contributed by atoms with Crippen LogP contribution in [-0.2, 0) is 6.54 Å². The molecule has 3 nitrogen and oxygen atoms in total. The van der Waals surface area contributed by atoms with E-state index in [-0.39, 0.29) is 5.82 Å². The van der Waals surface area contributed by atoms with Gasteiger partial charge in [-0.25, -0.2) is 9.37 Å². The van der Waals surface area contributed by atoms with Crippen LogP contribution in [0.2, 0.25) is 0 Å². The zero-order valence-electron chi connectivity index (χ0n) is 11.1. The van der Waals surface area contributed by atoms with E-state index in [1.165, 1.54) is 6.07 Å². The first kappa shape index (κ1) is 13.8. The molecule has 0 aliphatic carbocycles. The Labute approximate surface area is 130 Å². The maximum atomic E-state index is 13.2. The number of aromatic nitrogens is 2. The summed E-state index contributed by atoms with van der Waals surface area (Å²) in [4.78, 5) is 4.04. The third kappa shape index (κ3) is 3.31. The average molecular weight is 346 g/mol. The van der Waals surface area contributed by atoms with Crippen molar-refractivity contribution >= 4 is 21.6 Å². The van der Waals surface area contributed by atoms with Gasteiger partial charge in [-0.3, -0.25) is 0 Å². The maximum absolute atomic E-state index is 13.2. The van der Waals surface area contributed by atoms with Gasteiger partial charge in [0.1, 0.15) is 5.82 Å². The lowest BCUT2D eigenvalue weighted by Gasteiger charge is -2.09. The number of nitrogens with zero attached hydrogens (tertiary/aromatic N) is 2. The molecule has 3 rings (SSSR count). The molecule has 0 fully saturated rings. The second-order valence-electron chi connectivity index (χ2n) is 4.62. The minimum absolute atomic E-state index is 0.249. The third-order valence-corrected chi connectivity index (χ3v) is 3.74. The summed E-state index contributed by atoms with van der Waals surface area (Å²) in [5.74, 6) is -0.249. The fraction of sp³-hybridized carbons (Fsp3) is 0.0625. The molecule has 0 spiro atoms. The van der Waals surface area contributed by atoms with Crippen LogP contribution in [0.3, 0.4) is 0 Å². The van der Waals surface area contributed by atoms with E-state index in [0.717, 1.165) is 16.9 Å². The van der Waals surface area contributed by atoms with Crippen molar-refractivity contribution in [3.63, 3.8) is 0 Å². The van der Waals surface area contributed by atoms with Crippen LogP contribution in [0.4, 0.5) is 10.1 Å². The third-order valence-electron chi connectivity index (χ3n) is 3.13. The van der Waals surface area contributed by atoms with Gasteiger partial charge in [0.2, 0.25) is 0 Å². The molecule has 2 aromatic carbocycles. The van der Waals surface area contributed by atoms with Crippen molar-refractivity contribution in [1.29, 1.82) is 0 Å². The summed E-state index contributed by atoms with van der Waals surface area (Å²) in [6, 6.07) is 13.1. The smallest absolute Gasteiger partial charge is 0.137 e. The predicted molar refractivity (Wildman–Crippen MR) is 85.0 cm³/mol. The van der Waals surface area contributed by atoms with E-state index in [9.17, 15) is 4.39 Å². The zero-order chi connectivity index (χ0) is 14.7. The number of imidazole rings is 1. The van der Waals surface area contributed by atoms with Crippen LogP contribution in [-0.4, -0.2) is 9.55 Å². The van der Waals surface area contributed by atoms with E-state index in [4.69, 9.17) is 0 Å². The van der Waals surface area contributed by atoms with Crippen LogP contribution in [0.5, 0.6) is 0 Å². The molecule has 0 aliphatic rings. The first-order chi connectivity index (χ1) is 10.2. The van der Waals surface area contributed by atoms with Gasteiger partial charge < -0.3 is 9.88 Å². The number of hydrogen-bond acceptors (Lipinski definition) is 2. The van der Waals surface area contributed by atoms with Gasteiger partial charge in [-0.05, 0) is 51.8 Å². The number of nitrogens with one attached hydrogen (secondary N) is 1. The highest BCUT2D eigenvalue weighted by Crippen LogP contribution is 2.19. The van der Waals surface area contributed by atoms with Gasteiger partial charge in [-0.15, -0.1) is 0 Å². The Hall–Kier alpha value is -2.14. The Kier molecular flexibility index (Phi) is 4.01. The molecular weight excluding hydrogens is 333 g/mol. The van der Waals surface area contributed by atoms with Crippen LogP contribution in [0.15, 0.2) is 65.7 Å². The monoisotopic (exact) mass is 345 g/mol. The van der Waals surface area contributed by atoms with Gasteiger partial charge in [0.15, 0.2) is 0 Å². The van der Waals surface area contributed by atoms with Crippen molar-refractivity contribution in [3.05, 3.63) is 77.0 Å². The first-order valence-electron chi connectivity index (χ1n) is 6.48. The first-order valence-corrected chi connectivity index (χ1v) is 7.28. The molecule has 1 N–H and O–H groups in total. The van der Waals surface area contributed by atoms with Gasteiger partial charge in [-0.2, -0.15) is 0 Å². The van der Waals surface area contributed by atoms with Crippen LogP contribution < -0.4 is 5.32 Å². The van der Waals surface area contributed by atoms with Crippen LogP contribution >= 0.6 is 15.9 Å². The van der Waals surface area contributed by atoms with Gasteiger partial charge in [-0.1, -0.05) is 12.1 Å². The molecule has 0 amide bonds. The molecule has 1 heterocycles. The maximum Gasteiger partial charge on any atom is 0.137 e. The highest BCUT2D eigenvalue weighted by molar-refractivity contribution is 9.10. The summed E-state index contributed by atoms with van der Waals surface area (Å²) in [6.45, 7) is 0.631. The lowest BCUT2D eigenvalue weighted by atomic mass is 10.2. The molecule has 0 radical (unpaired) electrons. The van der Waals surface area contributed by atoms with E-state index < -0.39 is 0 Å². The number of benzene rings is 2. The Morgan fingerprint density at radius 2 is 2.10 bits per heavy atom. The number of anilines is 1. The molecule has 106 valence electrons. The molecule has 0 unspecified atom stereocenters. The Balaban J connectivity index is 1.73. The molecule has 0 atom stereocenters. The lowest BCUT2D eigenvalue weighted by molar-refractivity contribution is 0.620. The summed E-state index contributed by atoms with van der Waals surface area (Å²) < 4.78 is 15.6. The second kappa shape index (κ2) is 6.10. The van der Waals surface area contributed by atoms with Crippen molar-refractivity contribution in [2.24, 2.45) is 0 Å². The lowest BCUT2D eigenvalue weighted by Crippen LogP contribution is -2.00. The van der Waals surface area contributed by atoms with Crippen LogP contribution in [0, 0.1) is 5.82 Å². The van der Waals surface area contributed by atoms with E-state index >= 15 is 0 Å². The highest BCUT2D eigenvalue weighted by Gasteiger charge is 2.01. The summed E-state index contributed by atoms with van der Waals surface area (Å²) in [7, 11) is 0.